The van der Waals surface area contributed by atoms with Gasteiger partial charge in [-0.25, -0.2) is 0 Å². The minimum Gasteiger partial charge on any atom is -0.307 e. The minimum absolute atomic E-state index is 0.188. The first kappa shape index (κ1) is 16.1. The van der Waals surface area contributed by atoms with Gasteiger partial charge in [-0.2, -0.15) is 0 Å². The molecule has 112 valence electrons. The van der Waals surface area contributed by atoms with E-state index in [0.29, 0.717) is 0 Å². The van der Waals surface area contributed by atoms with Gasteiger partial charge in [0.25, 0.3) is 0 Å². The summed E-state index contributed by atoms with van der Waals surface area (Å²) in [5.41, 5.74) is 7.75. The summed E-state index contributed by atoms with van der Waals surface area (Å²) >= 11 is 6.31. The largest absolute Gasteiger partial charge is 0.307 e. The summed E-state index contributed by atoms with van der Waals surface area (Å²) in [4.78, 5) is 0. The molecule has 1 atom stereocenters. The zero-order valence-electron chi connectivity index (χ0n) is 13.5. The van der Waals surface area contributed by atoms with Gasteiger partial charge in [0.05, 0.1) is 6.04 Å². The molecule has 2 heteroatoms. The number of benzene rings is 2. The Hall–Kier alpha value is -1.31. The van der Waals surface area contributed by atoms with Crippen LogP contribution in [0.4, 0.5) is 0 Å². The number of hydrogen-bond donors (Lipinski definition) is 1. The molecule has 0 aliphatic rings. The van der Waals surface area contributed by atoms with Crippen LogP contribution in [0.1, 0.15) is 46.3 Å². The quantitative estimate of drug-likeness (QED) is 0.811. The Kier molecular flexibility index (Phi) is 5.08. The normalized spacial score (nSPS) is 12.5. The topological polar surface area (TPSA) is 12.0 Å². The number of halogens is 1. The lowest BCUT2D eigenvalue weighted by molar-refractivity contribution is 0.624. The highest BCUT2D eigenvalue weighted by molar-refractivity contribution is 6.31. The van der Waals surface area contributed by atoms with E-state index >= 15 is 0 Å². The van der Waals surface area contributed by atoms with Crippen molar-refractivity contribution < 1.29 is 0 Å². The van der Waals surface area contributed by atoms with Gasteiger partial charge in [-0.05, 0) is 73.7 Å². The third-order valence-corrected chi connectivity index (χ3v) is 4.63. The van der Waals surface area contributed by atoms with Gasteiger partial charge in [-0.3, -0.25) is 0 Å². The Bertz CT molecular complexity index is 646. The molecule has 0 saturated carbocycles. The smallest absolute Gasteiger partial charge is 0.0582 e. The monoisotopic (exact) mass is 301 g/mol. The fourth-order valence-corrected chi connectivity index (χ4v) is 3.00. The predicted molar refractivity (Wildman–Crippen MR) is 92.4 cm³/mol. The molecule has 0 radical (unpaired) electrons. The molecule has 0 fully saturated rings. The van der Waals surface area contributed by atoms with E-state index in [1.165, 1.54) is 27.8 Å². The lowest BCUT2D eigenvalue weighted by Gasteiger charge is -2.24. The second-order valence-electron chi connectivity index (χ2n) is 5.74. The van der Waals surface area contributed by atoms with E-state index in [1.807, 2.05) is 12.1 Å². The van der Waals surface area contributed by atoms with Crippen LogP contribution in [0.25, 0.3) is 0 Å². The van der Waals surface area contributed by atoms with Gasteiger partial charge in [0.1, 0.15) is 0 Å². The summed E-state index contributed by atoms with van der Waals surface area (Å²) < 4.78 is 0. The molecule has 2 rings (SSSR count). The van der Waals surface area contributed by atoms with Crippen molar-refractivity contribution in [3.8, 4) is 0 Å². The summed E-state index contributed by atoms with van der Waals surface area (Å²) in [6, 6.07) is 10.9. The number of hydrogen-bond acceptors (Lipinski definition) is 1. The van der Waals surface area contributed by atoms with E-state index in [2.05, 4.69) is 58.1 Å². The summed E-state index contributed by atoms with van der Waals surface area (Å²) in [6.45, 7) is 11.7. The van der Waals surface area contributed by atoms with Crippen molar-refractivity contribution in [2.24, 2.45) is 0 Å². The molecule has 2 aromatic carbocycles. The van der Waals surface area contributed by atoms with Crippen LogP contribution in [0.2, 0.25) is 5.02 Å². The van der Waals surface area contributed by atoms with Crippen molar-refractivity contribution >= 4 is 11.6 Å². The van der Waals surface area contributed by atoms with Crippen LogP contribution < -0.4 is 5.32 Å². The van der Waals surface area contributed by atoms with Crippen molar-refractivity contribution in [3.05, 3.63) is 68.7 Å². The van der Waals surface area contributed by atoms with E-state index in [-0.39, 0.29) is 6.04 Å². The Morgan fingerprint density at radius 2 is 1.62 bits per heavy atom. The molecule has 0 bridgehead atoms. The minimum atomic E-state index is 0.188. The van der Waals surface area contributed by atoms with Crippen LogP contribution in [-0.4, -0.2) is 6.54 Å². The third-order valence-electron chi connectivity index (χ3n) is 4.22. The summed E-state index contributed by atoms with van der Waals surface area (Å²) in [6.07, 6.45) is 0. The first-order valence-corrected chi connectivity index (χ1v) is 7.89. The van der Waals surface area contributed by atoms with Crippen LogP contribution in [0.5, 0.6) is 0 Å². The number of nitrogens with one attached hydrogen (secondary N) is 1. The SMILES string of the molecule is CCNC(c1cc(C)c(C)cc1C)c1cccc(Cl)c1C. The van der Waals surface area contributed by atoms with E-state index in [0.717, 1.165) is 17.1 Å². The highest BCUT2D eigenvalue weighted by Crippen LogP contribution is 2.31. The van der Waals surface area contributed by atoms with Crippen molar-refractivity contribution in [2.75, 3.05) is 6.54 Å². The van der Waals surface area contributed by atoms with Crippen molar-refractivity contribution in [3.63, 3.8) is 0 Å². The zero-order valence-corrected chi connectivity index (χ0v) is 14.3. The van der Waals surface area contributed by atoms with Crippen LogP contribution in [0, 0.1) is 27.7 Å². The molecule has 1 unspecified atom stereocenters. The molecule has 1 N–H and O–H groups in total. The van der Waals surface area contributed by atoms with E-state index in [9.17, 15) is 0 Å². The Labute approximate surface area is 133 Å². The average molecular weight is 302 g/mol. The van der Waals surface area contributed by atoms with E-state index in [4.69, 9.17) is 11.6 Å². The first-order valence-electron chi connectivity index (χ1n) is 7.51. The summed E-state index contributed by atoms with van der Waals surface area (Å²) in [7, 11) is 0. The predicted octanol–water partition coefficient (Wildman–Crippen LogP) is 5.27. The van der Waals surface area contributed by atoms with Gasteiger partial charge in [0, 0.05) is 5.02 Å². The summed E-state index contributed by atoms with van der Waals surface area (Å²) in [5, 5.41) is 4.44. The standard InChI is InChI=1S/C19H24ClN/c1-6-21-19(16-8-7-9-18(20)15(16)5)17-11-13(3)12(2)10-14(17)4/h7-11,19,21H,6H2,1-5H3. The molecule has 0 heterocycles. The van der Waals surface area contributed by atoms with Gasteiger partial charge in [-0.15, -0.1) is 0 Å². The Morgan fingerprint density at radius 1 is 0.952 bits per heavy atom. The molecule has 1 nitrogen and oxygen atoms in total. The Morgan fingerprint density at radius 3 is 2.29 bits per heavy atom. The molecule has 0 aromatic heterocycles. The second-order valence-corrected chi connectivity index (χ2v) is 6.15. The molecule has 0 spiro atoms. The van der Waals surface area contributed by atoms with Crippen molar-refractivity contribution in [1.29, 1.82) is 0 Å². The second kappa shape index (κ2) is 6.64. The van der Waals surface area contributed by atoms with Gasteiger partial charge in [0.2, 0.25) is 0 Å². The van der Waals surface area contributed by atoms with Crippen LogP contribution in [-0.2, 0) is 0 Å². The molecule has 21 heavy (non-hydrogen) atoms. The molecule has 0 aliphatic carbocycles. The number of rotatable bonds is 4. The Balaban J connectivity index is 2.59. The molecule has 0 aliphatic heterocycles. The molecular weight excluding hydrogens is 278 g/mol. The maximum atomic E-state index is 6.31. The van der Waals surface area contributed by atoms with Gasteiger partial charge >= 0.3 is 0 Å². The maximum absolute atomic E-state index is 6.31. The van der Waals surface area contributed by atoms with Crippen LogP contribution in [0.15, 0.2) is 30.3 Å². The van der Waals surface area contributed by atoms with Crippen molar-refractivity contribution in [2.45, 2.75) is 40.7 Å². The molecule has 2 aromatic rings. The third kappa shape index (κ3) is 3.30. The molecule has 0 saturated heterocycles. The number of aryl methyl sites for hydroxylation is 3. The molecular formula is C19H24ClN. The van der Waals surface area contributed by atoms with E-state index in [1.54, 1.807) is 0 Å². The lowest BCUT2D eigenvalue weighted by Crippen LogP contribution is -2.24. The fraction of sp³-hybridized carbons (Fsp3) is 0.368. The highest BCUT2D eigenvalue weighted by Gasteiger charge is 2.18. The van der Waals surface area contributed by atoms with E-state index < -0.39 is 0 Å². The van der Waals surface area contributed by atoms with Gasteiger partial charge in [0.15, 0.2) is 0 Å². The highest BCUT2D eigenvalue weighted by atomic mass is 35.5. The maximum Gasteiger partial charge on any atom is 0.0582 e. The van der Waals surface area contributed by atoms with Crippen LogP contribution >= 0.6 is 11.6 Å². The lowest BCUT2D eigenvalue weighted by atomic mass is 9.89. The molecule has 0 amide bonds. The van der Waals surface area contributed by atoms with Gasteiger partial charge in [-0.1, -0.05) is 42.8 Å². The average Bonchev–Trinajstić information content (AvgIpc) is 2.44. The summed E-state index contributed by atoms with van der Waals surface area (Å²) in [5.74, 6) is 0. The fourth-order valence-electron chi connectivity index (χ4n) is 2.82. The van der Waals surface area contributed by atoms with Crippen LogP contribution in [0.3, 0.4) is 0 Å². The van der Waals surface area contributed by atoms with Gasteiger partial charge < -0.3 is 5.32 Å². The van der Waals surface area contributed by atoms with Crippen molar-refractivity contribution in [1.82, 2.24) is 5.32 Å². The zero-order chi connectivity index (χ0) is 15.6. The first-order chi connectivity index (χ1) is 9.95.